The van der Waals surface area contributed by atoms with Gasteiger partial charge in [-0.05, 0) is 34.5 Å². The zero-order valence-electron chi connectivity index (χ0n) is 7.17. The van der Waals surface area contributed by atoms with Crippen LogP contribution in [0.2, 0.25) is 0 Å². The van der Waals surface area contributed by atoms with E-state index in [-0.39, 0.29) is 5.82 Å². The molecule has 0 spiro atoms. The highest BCUT2D eigenvalue weighted by atomic mass is 79.9. The molecule has 0 atom stereocenters. The Morgan fingerprint density at radius 1 is 1.54 bits per heavy atom. The van der Waals surface area contributed by atoms with Crippen LogP contribution in [-0.4, -0.2) is 15.0 Å². The molecule has 5 heteroatoms. The van der Waals surface area contributed by atoms with Gasteiger partial charge in [-0.2, -0.15) is 0 Å². The van der Waals surface area contributed by atoms with Gasteiger partial charge < -0.3 is 0 Å². The van der Waals surface area contributed by atoms with E-state index in [2.05, 4.69) is 26.2 Å². The highest BCUT2D eigenvalue weighted by molar-refractivity contribution is 9.10. The van der Waals surface area contributed by atoms with Crippen LogP contribution >= 0.6 is 15.9 Å². The standard InChI is InChI=1S/C8H7BrFN3/c1-4-3-5(9)6(10)7-8(4)13(2)12-11-7/h3H,1-2H3. The lowest BCUT2D eigenvalue weighted by Crippen LogP contribution is -1.92. The Balaban J connectivity index is 2.99. The van der Waals surface area contributed by atoms with Crippen molar-refractivity contribution in [2.75, 3.05) is 0 Å². The molecule has 0 radical (unpaired) electrons. The normalized spacial score (nSPS) is 11.1. The summed E-state index contributed by atoms with van der Waals surface area (Å²) in [5.41, 5.74) is 2.01. The quantitative estimate of drug-likeness (QED) is 0.711. The zero-order valence-corrected chi connectivity index (χ0v) is 8.76. The maximum Gasteiger partial charge on any atom is 0.167 e. The monoisotopic (exact) mass is 243 g/mol. The number of benzene rings is 1. The Morgan fingerprint density at radius 2 is 2.23 bits per heavy atom. The third-order valence-electron chi connectivity index (χ3n) is 1.96. The molecule has 0 N–H and O–H groups in total. The van der Waals surface area contributed by atoms with E-state index < -0.39 is 0 Å². The van der Waals surface area contributed by atoms with Gasteiger partial charge in [0, 0.05) is 7.05 Å². The lowest BCUT2D eigenvalue weighted by Gasteiger charge is -2.00. The summed E-state index contributed by atoms with van der Waals surface area (Å²) in [6.07, 6.45) is 0. The summed E-state index contributed by atoms with van der Waals surface area (Å²) in [4.78, 5) is 0. The van der Waals surface area contributed by atoms with Gasteiger partial charge in [0.25, 0.3) is 0 Å². The molecule has 0 saturated heterocycles. The Hall–Kier alpha value is -0.970. The molecular formula is C8H7BrFN3. The molecule has 0 fully saturated rings. The number of nitrogens with zero attached hydrogens (tertiary/aromatic N) is 3. The maximum atomic E-state index is 13.4. The van der Waals surface area contributed by atoms with Crippen molar-refractivity contribution in [2.24, 2.45) is 7.05 Å². The zero-order chi connectivity index (χ0) is 9.59. The fraction of sp³-hybridized carbons (Fsp3) is 0.250. The predicted octanol–water partition coefficient (Wildman–Crippen LogP) is 2.18. The largest absolute Gasteiger partial charge is 0.247 e. The van der Waals surface area contributed by atoms with Gasteiger partial charge in [0.05, 0.1) is 9.99 Å². The second kappa shape index (κ2) is 2.77. The van der Waals surface area contributed by atoms with Gasteiger partial charge in [0.15, 0.2) is 5.82 Å². The molecule has 0 aliphatic rings. The molecule has 68 valence electrons. The third kappa shape index (κ3) is 1.14. The Bertz CT molecular complexity index is 478. The van der Waals surface area contributed by atoms with Crippen molar-refractivity contribution in [3.05, 3.63) is 21.9 Å². The van der Waals surface area contributed by atoms with E-state index in [0.29, 0.717) is 9.99 Å². The summed E-state index contributed by atoms with van der Waals surface area (Å²) < 4.78 is 15.4. The number of aryl methyl sites for hydroxylation is 2. The van der Waals surface area contributed by atoms with Gasteiger partial charge in [-0.3, -0.25) is 0 Å². The van der Waals surface area contributed by atoms with Crippen molar-refractivity contribution in [3.8, 4) is 0 Å². The molecule has 3 nitrogen and oxygen atoms in total. The number of hydrogen-bond acceptors (Lipinski definition) is 2. The number of hydrogen-bond donors (Lipinski definition) is 0. The van der Waals surface area contributed by atoms with E-state index in [9.17, 15) is 4.39 Å². The van der Waals surface area contributed by atoms with Crippen LogP contribution in [0.25, 0.3) is 11.0 Å². The van der Waals surface area contributed by atoms with Crippen LogP contribution in [0.15, 0.2) is 10.5 Å². The first kappa shape index (κ1) is 8.62. The van der Waals surface area contributed by atoms with E-state index in [1.807, 2.05) is 6.92 Å². The minimum absolute atomic E-state index is 0.314. The van der Waals surface area contributed by atoms with Gasteiger partial charge in [0.1, 0.15) is 5.52 Å². The molecule has 1 aromatic carbocycles. The Kier molecular flexibility index (Phi) is 1.83. The Morgan fingerprint density at radius 3 is 2.92 bits per heavy atom. The van der Waals surface area contributed by atoms with Crippen LogP contribution in [-0.2, 0) is 7.05 Å². The fourth-order valence-corrected chi connectivity index (χ4v) is 1.91. The number of aromatic nitrogens is 3. The predicted molar refractivity (Wildman–Crippen MR) is 50.9 cm³/mol. The van der Waals surface area contributed by atoms with Crippen LogP contribution in [0.5, 0.6) is 0 Å². The van der Waals surface area contributed by atoms with Crippen LogP contribution in [0, 0.1) is 12.7 Å². The van der Waals surface area contributed by atoms with Crippen molar-refractivity contribution in [3.63, 3.8) is 0 Å². The minimum Gasteiger partial charge on any atom is -0.247 e. The van der Waals surface area contributed by atoms with E-state index >= 15 is 0 Å². The molecule has 2 rings (SSSR count). The first-order chi connectivity index (χ1) is 6.11. The SMILES string of the molecule is Cc1cc(Br)c(F)c2nnn(C)c12. The van der Waals surface area contributed by atoms with E-state index in [1.165, 1.54) is 0 Å². The highest BCUT2D eigenvalue weighted by Crippen LogP contribution is 2.25. The van der Waals surface area contributed by atoms with E-state index in [1.54, 1.807) is 17.8 Å². The first-order valence-corrected chi connectivity index (χ1v) is 4.54. The van der Waals surface area contributed by atoms with Crippen molar-refractivity contribution < 1.29 is 4.39 Å². The Labute approximate surface area is 82.7 Å². The smallest absolute Gasteiger partial charge is 0.167 e. The number of halogens is 2. The number of rotatable bonds is 0. The molecule has 2 aromatic rings. The van der Waals surface area contributed by atoms with Crippen LogP contribution < -0.4 is 0 Å². The summed E-state index contributed by atoms with van der Waals surface area (Å²) in [7, 11) is 1.75. The molecule has 0 saturated carbocycles. The first-order valence-electron chi connectivity index (χ1n) is 3.75. The molecule has 0 amide bonds. The summed E-state index contributed by atoms with van der Waals surface area (Å²) in [5, 5.41) is 7.51. The van der Waals surface area contributed by atoms with E-state index in [0.717, 1.165) is 11.1 Å². The topological polar surface area (TPSA) is 30.7 Å². The highest BCUT2D eigenvalue weighted by Gasteiger charge is 2.12. The summed E-state index contributed by atoms with van der Waals surface area (Å²) >= 11 is 3.12. The van der Waals surface area contributed by atoms with Gasteiger partial charge in [0.2, 0.25) is 0 Å². The molecule has 1 aromatic heterocycles. The second-order valence-electron chi connectivity index (χ2n) is 2.90. The van der Waals surface area contributed by atoms with Crippen LogP contribution in [0.3, 0.4) is 0 Å². The molecule has 1 heterocycles. The summed E-state index contributed by atoms with van der Waals surface area (Å²) in [6.45, 7) is 1.90. The molecule has 0 unspecified atom stereocenters. The molecular weight excluding hydrogens is 237 g/mol. The van der Waals surface area contributed by atoms with Gasteiger partial charge >= 0.3 is 0 Å². The minimum atomic E-state index is -0.353. The van der Waals surface area contributed by atoms with Gasteiger partial charge in [-0.1, -0.05) is 5.21 Å². The molecule has 0 aliphatic carbocycles. The summed E-state index contributed by atoms with van der Waals surface area (Å²) in [5.74, 6) is -0.353. The van der Waals surface area contributed by atoms with Crippen molar-refractivity contribution in [1.82, 2.24) is 15.0 Å². The van der Waals surface area contributed by atoms with E-state index in [4.69, 9.17) is 0 Å². The van der Waals surface area contributed by atoms with Crippen molar-refractivity contribution >= 4 is 27.0 Å². The fourth-order valence-electron chi connectivity index (χ4n) is 1.38. The molecule has 0 bridgehead atoms. The summed E-state index contributed by atoms with van der Waals surface area (Å²) in [6, 6.07) is 1.72. The van der Waals surface area contributed by atoms with Gasteiger partial charge in [-0.25, -0.2) is 9.07 Å². The van der Waals surface area contributed by atoms with Crippen LogP contribution in [0.4, 0.5) is 4.39 Å². The average Bonchev–Trinajstić information content (AvgIpc) is 2.44. The van der Waals surface area contributed by atoms with Crippen molar-refractivity contribution in [1.29, 1.82) is 0 Å². The lowest BCUT2D eigenvalue weighted by atomic mass is 10.2. The van der Waals surface area contributed by atoms with Crippen molar-refractivity contribution in [2.45, 2.75) is 6.92 Å². The lowest BCUT2D eigenvalue weighted by molar-refractivity contribution is 0.629. The van der Waals surface area contributed by atoms with Crippen LogP contribution in [0.1, 0.15) is 5.56 Å². The maximum absolute atomic E-state index is 13.4. The average molecular weight is 244 g/mol. The van der Waals surface area contributed by atoms with Gasteiger partial charge in [-0.15, -0.1) is 5.10 Å². The number of fused-ring (bicyclic) bond motifs is 1. The molecule has 0 aliphatic heterocycles. The third-order valence-corrected chi connectivity index (χ3v) is 2.54. The molecule has 13 heavy (non-hydrogen) atoms. The second-order valence-corrected chi connectivity index (χ2v) is 3.75.